The summed E-state index contributed by atoms with van der Waals surface area (Å²) >= 11 is 0. The third-order valence-electron chi connectivity index (χ3n) is 8.32. The molecule has 0 atom stereocenters. The van der Waals surface area contributed by atoms with Gasteiger partial charge in [0, 0.05) is 40.5 Å². The number of anilines is 2. The van der Waals surface area contributed by atoms with Crippen LogP contribution in [0.15, 0.2) is 134 Å². The van der Waals surface area contributed by atoms with Gasteiger partial charge in [-0.1, -0.05) is 91.0 Å². The lowest BCUT2D eigenvalue weighted by atomic mass is 9.43. The number of hydrogen-bond acceptors (Lipinski definition) is 2. The van der Waals surface area contributed by atoms with Crippen molar-refractivity contribution in [3.63, 3.8) is 0 Å². The first-order valence-electron chi connectivity index (χ1n) is 13.5. The number of aromatic nitrogens is 1. The van der Waals surface area contributed by atoms with Crippen molar-refractivity contribution in [1.82, 2.24) is 4.98 Å². The normalized spacial score (nSPS) is 12.6. The van der Waals surface area contributed by atoms with Gasteiger partial charge < -0.3 is 4.81 Å². The predicted molar refractivity (Wildman–Crippen MR) is 164 cm³/mol. The summed E-state index contributed by atoms with van der Waals surface area (Å²) in [5.41, 5.74) is 16.4. The number of aryl methyl sites for hydroxylation is 1. The molecule has 1 aromatic heterocycles. The maximum absolute atomic E-state index is 4.42. The SMILES string of the molecule is Cc1ccncc1-c1ccc2c(c1)-c1ccccc1B1c3ccccc3-c3cc(-c4ccccc4)ccc3N12. The molecule has 0 amide bonds. The fourth-order valence-corrected chi connectivity index (χ4v) is 6.48. The van der Waals surface area contributed by atoms with E-state index in [0.717, 1.165) is 0 Å². The largest absolute Gasteiger partial charge is 0.376 e. The molecule has 39 heavy (non-hydrogen) atoms. The highest BCUT2D eigenvalue weighted by molar-refractivity contribution is 6.92. The molecule has 6 aromatic rings. The van der Waals surface area contributed by atoms with E-state index in [4.69, 9.17) is 0 Å². The van der Waals surface area contributed by atoms with Crippen LogP contribution in [0.4, 0.5) is 11.4 Å². The van der Waals surface area contributed by atoms with Gasteiger partial charge in [-0.3, -0.25) is 4.98 Å². The van der Waals surface area contributed by atoms with E-state index in [0.29, 0.717) is 0 Å². The van der Waals surface area contributed by atoms with Crippen molar-refractivity contribution in [2.75, 3.05) is 4.81 Å². The van der Waals surface area contributed by atoms with E-state index in [1.807, 2.05) is 12.4 Å². The van der Waals surface area contributed by atoms with Crippen LogP contribution in [0.2, 0.25) is 0 Å². The summed E-state index contributed by atoms with van der Waals surface area (Å²) < 4.78 is 0. The van der Waals surface area contributed by atoms with Crippen molar-refractivity contribution in [2.45, 2.75) is 6.92 Å². The van der Waals surface area contributed by atoms with Crippen molar-refractivity contribution in [2.24, 2.45) is 0 Å². The van der Waals surface area contributed by atoms with Crippen LogP contribution in [0, 0.1) is 6.92 Å². The van der Waals surface area contributed by atoms with E-state index in [1.54, 1.807) is 0 Å². The lowest BCUT2D eigenvalue weighted by Crippen LogP contribution is -2.59. The Morgan fingerprint density at radius 3 is 1.77 bits per heavy atom. The molecule has 3 heteroatoms. The van der Waals surface area contributed by atoms with Gasteiger partial charge in [-0.25, -0.2) is 0 Å². The summed E-state index contributed by atoms with van der Waals surface area (Å²) in [5.74, 6) is 0. The van der Waals surface area contributed by atoms with Gasteiger partial charge in [-0.2, -0.15) is 0 Å². The summed E-state index contributed by atoms with van der Waals surface area (Å²) in [5, 5.41) is 0. The van der Waals surface area contributed by atoms with Gasteiger partial charge in [-0.05, 0) is 81.6 Å². The number of nitrogens with zero attached hydrogens (tertiary/aromatic N) is 2. The van der Waals surface area contributed by atoms with Crippen molar-refractivity contribution in [1.29, 1.82) is 0 Å². The number of pyridine rings is 1. The molecule has 5 aromatic carbocycles. The van der Waals surface area contributed by atoms with E-state index in [1.165, 1.54) is 72.4 Å². The number of hydrogen-bond donors (Lipinski definition) is 0. The molecule has 2 nitrogen and oxygen atoms in total. The molecule has 0 bridgehead atoms. The van der Waals surface area contributed by atoms with Crippen molar-refractivity contribution < 1.29 is 0 Å². The highest BCUT2D eigenvalue weighted by Crippen LogP contribution is 2.47. The third-order valence-corrected chi connectivity index (χ3v) is 8.32. The second-order valence-corrected chi connectivity index (χ2v) is 10.5. The zero-order valence-electron chi connectivity index (χ0n) is 21.7. The van der Waals surface area contributed by atoms with Gasteiger partial charge in [0.1, 0.15) is 0 Å². The molecule has 8 rings (SSSR count). The van der Waals surface area contributed by atoms with Crippen LogP contribution in [0.1, 0.15) is 5.56 Å². The number of rotatable bonds is 2. The van der Waals surface area contributed by atoms with Crippen molar-refractivity contribution in [3.8, 4) is 44.5 Å². The topological polar surface area (TPSA) is 16.1 Å². The summed E-state index contributed by atoms with van der Waals surface area (Å²) in [4.78, 5) is 6.98. The van der Waals surface area contributed by atoms with E-state index in [-0.39, 0.29) is 6.85 Å². The second-order valence-electron chi connectivity index (χ2n) is 10.5. The fourth-order valence-electron chi connectivity index (χ4n) is 6.48. The van der Waals surface area contributed by atoms with Gasteiger partial charge in [0.05, 0.1) is 0 Å². The Kier molecular flexibility index (Phi) is 4.87. The van der Waals surface area contributed by atoms with Gasteiger partial charge in [0.2, 0.25) is 0 Å². The molecule has 0 fully saturated rings. The van der Waals surface area contributed by atoms with E-state index >= 15 is 0 Å². The zero-order chi connectivity index (χ0) is 25.9. The summed E-state index contributed by atoms with van der Waals surface area (Å²) in [6.07, 6.45) is 3.84. The summed E-state index contributed by atoms with van der Waals surface area (Å²) in [6, 6.07) is 44.5. The average molecular weight is 496 g/mol. The monoisotopic (exact) mass is 496 g/mol. The van der Waals surface area contributed by atoms with Crippen LogP contribution in [0.5, 0.6) is 0 Å². The van der Waals surface area contributed by atoms with Gasteiger partial charge in [0.25, 0.3) is 0 Å². The van der Waals surface area contributed by atoms with E-state index in [9.17, 15) is 0 Å². The Morgan fingerprint density at radius 1 is 0.513 bits per heavy atom. The Bertz CT molecular complexity index is 1890. The van der Waals surface area contributed by atoms with E-state index in [2.05, 4.69) is 138 Å². The van der Waals surface area contributed by atoms with Crippen LogP contribution >= 0.6 is 0 Å². The smallest absolute Gasteiger partial charge is 0.329 e. The molecule has 2 aliphatic rings. The minimum atomic E-state index is 0.117. The molecule has 0 aliphatic carbocycles. The van der Waals surface area contributed by atoms with E-state index < -0.39 is 0 Å². The lowest BCUT2D eigenvalue weighted by molar-refractivity contribution is 1.28. The molecule has 0 saturated carbocycles. The third kappa shape index (κ3) is 3.33. The average Bonchev–Trinajstić information content (AvgIpc) is 3.01. The first-order valence-corrected chi connectivity index (χ1v) is 13.5. The summed E-state index contributed by atoms with van der Waals surface area (Å²) in [7, 11) is 0. The van der Waals surface area contributed by atoms with Gasteiger partial charge in [-0.15, -0.1) is 0 Å². The van der Waals surface area contributed by atoms with Crippen LogP contribution in [-0.4, -0.2) is 11.8 Å². The standard InChI is InChI=1S/C36H25BN2/c1-24-19-20-38-23-32(24)27-16-18-36-31(22-27)29-12-6-8-14-34(29)37-33-13-7-5-11-28(33)30-21-26(15-17-35(30)39(36)37)25-9-3-2-4-10-25/h2-23H,1H3. The van der Waals surface area contributed by atoms with Crippen LogP contribution in [0.3, 0.4) is 0 Å². The molecular formula is C36H25BN2. The van der Waals surface area contributed by atoms with Crippen molar-refractivity contribution in [3.05, 3.63) is 139 Å². The Morgan fingerprint density at radius 2 is 1.10 bits per heavy atom. The molecule has 0 unspecified atom stereocenters. The first kappa shape index (κ1) is 22.1. The maximum Gasteiger partial charge on any atom is 0.329 e. The quantitative estimate of drug-likeness (QED) is 0.229. The molecule has 0 spiro atoms. The Labute approximate surface area is 229 Å². The van der Waals surface area contributed by atoms with Crippen molar-refractivity contribution >= 4 is 29.1 Å². The highest BCUT2D eigenvalue weighted by atomic mass is 15.1. The zero-order valence-corrected chi connectivity index (χ0v) is 21.7. The molecule has 0 saturated heterocycles. The minimum Gasteiger partial charge on any atom is -0.376 e. The predicted octanol–water partition coefficient (Wildman–Crippen LogP) is 7.63. The Balaban J connectivity index is 1.40. The van der Waals surface area contributed by atoms with Crippen LogP contribution in [-0.2, 0) is 0 Å². The molecular weight excluding hydrogens is 471 g/mol. The second kappa shape index (κ2) is 8.57. The Hall–Kier alpha value is -4.89. The maximum atomic E-state index is 4.42. The first-order chi connectivity index (χ1) is 19.3. The molecule has 3 heterocycles. The van der Waals surface area contributed by atoms with Crippen LogP contribution < -0.4 is 15.7 Å². The molecule has 0 N–H and O–H groups in total. The van der Waals surface area contributed by atoms with Gasteiger partial charge >= 0.3 is 6.85 Å². The molecule has 2 aliphatic heterocycles. The lowest BCUT2D eigenvalue weighted by Gasteiger charge is -2.43. The highest BCUT2D eigenvalue weighted by Gasteiger charge is 2.42. The fraction of sp³-hybridized carbons (Fsp3) is 0.0278. The van der Waals surface area contributed by atoms with Crippen LogP contribution in [0.25, 0.3) is 44.5 Å². The summed E-state index contributed by atoms with van der Waals surface area (Å²) in [6.45, 7) is 2.27. The number of benzene rings is 5. The number of fused-ring (bicyclic) bond motifs is 11. The minimum absolute atomic E-state index is 0.117. The molecule has 0 radical (unpaired) electrons. The van der Waals surface area contributed by atoms with Gasteiger partial charge in [0.15, 0.2) is 0 Å². The molecule has 182 valence electrons.